The molecule has 1 amide bonds. The number of thiophene rings is 1. The summed E-state index contributed by atoms with van der Waals surface area (Å²) in [5.41, 5.74) is 0.422. The molecule has 5 heteroatoms. The van der Waals surface area contributed by atoms with Crippen LogP contribution in [0, 0.1) is 0 Å². The minimum Gasteiger partial charge on any atom is -0.458 e. The molecule has 0 fully saturated rings. The lowest BCUT2D eigenvalue weighted by atomic mass is 10.0. The van der Waals surface area contributed by atoms with Gasteiger partial charge >= 0.3 is 0 Å². The highest BCUT2D eigenvalue weighted by molar-refractivity contribution is 7.08. The summed E-state index contributed by atoms with van der Waals surface area (Å²) in [6.45, 7) is 1.69. The van der Waals surface area contributed by atoms with Crippen molar-refractivity contribution in [3.05, 3.63) is 64.6 Å². The molecule has 2 aromatic heterocycles. The molecule has 3 aromatic rings. The quantitative estimate of drug-likeness (QED) is 0.705. The number of carbonyl (C=O) groups excluding carboxylic acids is 1. The summed E-state index contributed by atoms with van der Waals surface area (Å²) in [5, 5.41) is 18.1. The molecule has 0 spiro atoms. The Kier molecular flexibility index (Phi) is 4.32. The Labute approximate surface area is 138 Å². The Balaban J connectivity index is 1.65. The van der Waals surface area contributed by atoms with Crippen LogP contribution in [-0.2, 0) is 10.4 Å². The third-order valence-corrected chi connectivity index (χ3v) is 4.23. The van der Waals surface area contributed by atoms with Crippen LogP contribution < -0.4 is 5.32 Å². The van der Waals surface area contributed by atoms with E-state index in [9.17, 15) is 9.90 Å². The second kappa shape index (κ2) is 6.40. The predicted molar refractivity (Wildman–Crippen MR) is 92.1 cm³/mol. The van der Waals surface area contributed by atoms with Crippen LogP contribution >= 0.6 is 11.3 Å². The number of carbonyl (C=O) groups is 1. The Hall–Kier alpha value is -2.37. The predicted octanol–water partition coefficient (Wildman–Crippen LogP) is 3.53. The van der Waals surface area contributed by atoms with Crippen molar-refractivity contribution >= 4 is 34.3 Å². The number of nitrogens with one attached hydrogen (secondary N) is 1. The van der Waals surface area contributed by atoms with E-state index in [-0.39, 0.29) is 12.5 Å². The first-order valence-corrected chi connectivity index (χ1v) is 8.18. The molecule has 1 atom stereocenters. The van der Waals surface area contributed by atoms with Crippen LogP contribution in [0.3, 0.4) is 0 Å². The van der Waals surface area contributed by atoms with Crippen molar-refractivity contribution in [2.24, 2.45) is 0 Å². The molecule has 3 rings (SSSR count). The van der Waals surface area contributed by atoms with Crippen molar-refractivity contribution in [1.29, 1.82) is 0 Å². The van der Waals surface area contributed by atoms with Gasteiger partial charge in [0, 0.05) is 11.5 Å². The highest BCUT2D eigenvalue weighted by atomic mass is 32.1. The van der Waals surface area contributed by atoms with Gasteiger partial charge in [-0.3, -0.25) is 4.79 Å². The molecular weight excluding hydrogens is 310 g/mol. The Bertz CT molecular complexity index is 798. The first kappa shape index (κ1) is 15.5. The number of hydrogen-bond donors (Lipinski definition) is 2. The van der Waals surface area contributed by atoms with E-state index in [1.165, 1.54) is 6.08 Å². The van der Waals surface area contributed by atoms with E-state index in [1.807, 2.05) is 41.1 Å². The first-order chi connectivity index (χ1) is 11.0. The van der Waals surface area contributed by atoms with E-state index in [4.69, 9.17) is 4.42 Å². The molecule has 0 unspecified atom stereocenters. The summed E-state index contributed by atoms with van der Waals surface area (Å²) in [6, 6.07) is 11.3. The highest BCUT2D eigenvalue weighted by Gasteiger charge is 2.27. The molecule has 2 N–H and O–H groups in total. The summed E-state index contributed by atoms with van der Waals surface area (Å²) in [7, 11) is 0. The van der Waals surface area contributed by atoms with Crippen LogP contribution in [0.1, 0.15) is 18.2 Å². The smallest absolute Gasteiger partial charge is 0.244 e. The highest BCUT2D eigenvalue weighted by Crippen LogP contribution is 2.27. The third kappa shape index (κ3) is 3.70. The molecule has 23 heavy (non-hydrogen) atoms. The minimum atomic E-state index is -1.27. The zero-order valence-electron chi connectivity index (χ0n) is 12.7. The molecule has 1 aromatic carbocycles. The second-order valence-electron chi connectivity index (χ2n) is 5.53. The van der Waals surface area contributed by atoms with Crippen LogP contribution in [0.25, 0.3) is 17.0 Å². The molecule has 0 aliphatic heterocycles. The number of aliphatic hydroxyl groups is 1. The molecule has 2 heterocycles. The summed E-state index contributed by atoms with van der Waals surface area (Å²) in [4.78, 5) is 11.9. The number of rotatable bonds is 5. The summed E-state index contributed by atoms with van der Waals surface area (Å²) in [5.74, 6) is 0.174. The van der Waals surface area contributed by atoms with Crippen LogP contribution in [0.4, 0.5) is 0 Å². The number of hydrogen-bond acceptors (Lipinski definition) is 4. The maximum absolute atomic E-state index is 11.9. The maximum atomic E-state index is 11.9. The van der Waals surface area contributed by atoms with Crippen molar-refractivity contribution in [2.45, 2.75) is 12.5 Å². The van der Waals surface area contributed by atoms with E-state index in [0.29, 0.717) is 11.3 Å². The van der Waals surface area contributed by atoms with Crippen molar-refractivity contribution < 1.29 is 14.3 Å². The number of furan rings is 1. The number of amides is 1. The Morgan fingerprint density at radius 1 is 1.39 bits per heavy atom. The van der Waals surface area contributed by atoms with Gasteiger partial charge in [-0.15, -0.1) is 0 Å². The Morgan fingerprint density at radius 3 is 2.96 bits per heavy atom. The van der Waals surface area contributed by atoms with Gasteiger partial charge in [-0.25, -0.2) is 0 Å². The average molecular weight is 327 g/mol. The van der Waals surface area contributed by atoms with Gasteiger partial charge in [0.05, 0.1) is 6.54 Å². The molecule has 0 radical (unpaired) electrons. The third-order valence-electron chi connectivity index (χ3n) is 3.53. The number of para-hydroxylation sites is 1. The number of benzene rings is 1. The van der Waals surface area contributed by atoms with Gasteiger partial charge < -0.3 is 14.8 Å². The van der Waals surface area contributed by atoms with Crippen molar-refractivity contribution in [3.63, 3.8) is 0 Å². The lowest BCUT2D eigenvalue weighted by Gasteiger charge is -2.20. The standard InChI is InChI=1S/C18H17NO3S/c1-18(21,16-10-14-4-2-3-5-15(14)22-16)12-19-17(20)7-6-13-8-9-23-11-13/h2-11,21H,12H2,1H3,(H,19,20)/b7-6+/t18-/m0/s1. The molecule has 0 aliphatic carbocycles. The average Bonchev–Trinajstić information content (AvgIpc) is 3.20. The fourth-order valence-corrected chi connectivity index (χ4v) is 2.82. The zero-order valence-corrected chi connectivity index (χ0v) is 13.5. The van der Waals surface area contributed by atoms with Crippen LogP contribution in [-0.4, -0.2) is 17.6 Å². The molecule has 0 bridgehead atoms. The summed E-state index contributed by atoms with van der Waals surface area (Å²) < 4.78 is 5.67. The fraction of sp³-hybridized carbons (Fsp3) is 0.167. The van der Waals surface area contributed by atoms with Crippen LogP contribution in [0.15, 0.2) is 57.7 Å². The van der Waals surface area contributed by atoms with Gasteiger partial charge in [-0.1, -0.05) is 18.2 Å². The van der Waals surface area contributed by atoms with Gasteiger partial charge in [0.1, 0.15) is 16.9 Å². The number of fused-ring (bicyclic) bond motifs is 1. The molecule has 0 saturated heterocycles. The van der Waals surface area contributed by atoms with E-state index in [1.54, 1.807) is 30.4 Å². The molecular formula is C18H17NO3S. The van der Waals surface area contributed by atoms with Crippen LogP contribution in [0.2, 0.25) is 0 Å². The van der Waals surface area contributed by atoms with E-state index < -0.39 is 5.60 Å². The molecule has 4 nitrogen and oxygen atoms in total. The van der Waals surface area contributed by atoms with Crippen molar-refractivity contribution in [3.8, 4) is 0 Å². The lowest BCUT2D eigenvalue weighted by molar-refractivity contribution is -0.117. The van der Waals surface area contributed by atoms with Gasteiger partial charge in [0.25, 0.3) is 0 Å². The van der Waals surface area contributed by atoms with E-state index in [0.717, 1.165) is 10.9 Å². The second-order valence-corrected chi connectivity index (χ2v) is 6.31. The lowest BCUT2D eigenvalue weighted by Crippen LogP contribution is -2.37. The van der Waals surface area contributed by atoms with Crippen molar-refractivity contribution in [1.82, 2.24) is 5.32 Å². The fourth-order valence-electron chi connectivity index (χ4n) is 2.19. The monoisotopic (exact) mass is 327 g/mol. The minimum absolute atomic E-state index is 0.0691. The zero-order chi connectivity index (χ0) is 16.3. The van der Waals surface area contributed by atoms with E-state index >= 15 is 0 Å². The van der Waals surface area contributed by atoms with Crippen molar-refractivity contribution in [2.75, 3.05) is 6.54 Å². The summed E-state index contributed by atoms with van der Waals surface area (Å²) >= 11 is 1.57. The molecule has 0 aliphatic rings. The SMILES string of the molecule is C[C@](O)(CNC(=O)/C=C/c1ccsc1)c1cc2ccccc2o1. The van der Waals surface area contributed by atoms with Gasteiger partial charge in [0.15, 0.2) is 0 Å². The normalized spacial score (nSPS) is 14.2. The maximum Gasteiger partial charge on any atom is 0.244 e. The molecule has 0 saturated carbocycles. The van der Waals surface area contributed by atoms with Crippen LogP contribution in [0.5, 0.6) is 0 Å². The van der Waals surface area contributed by atoms with Gasteiger partial charge in [-0.2, -0.15) is 11.3 Å². The van der Waals surface area contributed by atoms with E-state index in [2.05, 4.69) is 5.32 Å². The summed E-state index contributed by atoms with van der Waals surface area (Å²) in [6.07, 6.45) is 3.19. The Morgan fingerprint density at radius 2 is 2.22 bits per heavy atom. The van der Waals surface area contributed by atoms with Gasteiger partial charge in [0.2, 0.25) is 5.91 Å². The topological polar surface area (TPSA) is 62.5 Å². The van der Waals surface area contributed by atoms with Gasteiger partial charge in [-0.05, 0) is 47.5 Å². The largest absolute Gasteiger partial charge is 0.458 e. The first-order valence-electron chi connectivity index (χ1n) is 7.24. The molecule has 118 valence electrons.